The summed E-state index contributed by atoms with van der Waals surface area (Å²) in [4.78, 5) is 24.4. The van der Waals surface area contributed by atoms with Crippen molar-refractivity contribution in [2.75, 3.05) is 11.4 Å². The van der Waals surface area contributed by atoms with E-state index in [1.165, 1.54) is 5.56 Å². The molecule has 0 bridgehead atoms. The first-order valence-corrected chi connectivity index (χ1v) is 5.98. The normalized spacial score (nSPS) is 13.6. The van der Waals surface area contributed by atoms with Crippen molar-refractivity contribution in [2.45, 2.75) is 33.1 Å². The van der Waals surface area contributed by atoms with Gasteiger partial charge >= 0.3 is 0 Å². The van der Waals surface area contributed by atoms with Gasteiger partial charge in [-0.05, 0) is 30.9 Å². The minimum Gasteiger partial charge on any atom is -0.312 e. The van der Waals surface area contributed by atoms with E-state index < -0.39 is 0 Å². The summed E-state index contributed by atoms with van der Waals surface area (Å²) in [5.41, 5.74) is 3.38. The third kappa shape index (κ3) is 2.38. The van der Waals surface area contributed by atoms with E-state index in [1.54, 1.807) is 13.8 Å². The zero-order valence-corrected chi connectivity index (χ0v) is 10.3. The first kappa shape index (κ1) is 11.8. The van der Waals surface area contributed by atoms with Crippen LogP contribution < -0.4 is 4.90 Å². The molecule has 0 atom stereocenters. The number of ketones is 1. The molecule has 1 aliphatic heterocycles. The highest BCUT2D eigenvalue weighted by molar-refractivity contribution is 5.94. The molecule has 0 saturated heterocycles. The average molecular weight is 231 g/mol. The van der Waals surface area contributed by atoms with Crippen LogP contribution in [0.5, 0.6) is 0 Å². The van der Waals surface area contributed by atoms with E-state index in [9.17, 15) is 9.59 Å². The topological polar surface area (TPSA) is 37.4 Å². The maximum atomic E-state index is 11.6. The molecule has 0 aliphatic carbocycles. The molecule has 0 radical (unpaired) electrons. The van der Waals surface area contributed by atoms with E-state index in [1.807, 2.05) is 17.0 Å². The number of hydrogen-bond acceptors (Lipinski definition) is 2. The van der Waals surface area contributed by atoms with E-state index >= 15 is 0 Å². The van der Waals surface area contributed by atoms with Gasteiger partial charge in [0.05, 0.1) is 5.69 Å². The quantitative estimate of drug-likeness (QED) is 0.799. The SMILES string of the molecule is CC(=O)CCc1cccc2c1N(C(C)=O)CC2. The molecule has 1 heterocycles. The lowest BCUT2D eigenvalue weighted by Crippen LogP contribution is -2.26. The van der Waals surface area contributed by atoms with Gasteiger partial charge < -0.3 is 9.69 Å². The predicted octanol–water partition coefficient (Wildman–Crippen LogP) is 2.12. The zero-order valence-electron chi connectivity index (χ0n) is 10.3. The largest absolute Gasteiger partial charge is 0.312 e. The van der Waals surface area contributed by atoms with Gasteiger partial charge in [0.1, 0.15) is 5.78 Å². The van der Waals surface area contributed by atoms with E-state index in [0.29, 0.717) is 6.42 Å². The number of hydrogen-bond donors (Lipinski definition) is 0. The molecule has 0 saturated carbocycles. The number of nitrogens with zero attached hydrogens (tertiary/aromatic N) is 1. The van der Waals surface area contributed by atoms with Gasteiger partial charge in [-0.25, -0.2) is 0 Å². The van der Waals surface area contributed by atoms with E-state index in [0.717, 1.165) is 30.6 Å². The maximum Gasteiger partial charge on any atom is 0.223 e. The van der Waals surface area contributed by atoms with Gasteiger partial charge in [0, 0.05) is 19.9 Å². The summed E-state index contributed by atoms with van der Waals surface area (Å²) < 4.78 is 0. The maximum absolute atomic E-state index is 11.6. The van der Waals surface area contributed by atoms with Crippen molar-refractivity contribution in [3.63, 3.8) is 0 Å². The Morgan fingerprint density at radius 1 is 1.29 bits per heavy atom. The fourth-order valence-corrected chi connectivity index (χ4v) is 2.36. The molecule has 0 unspecified atom stereocenters. The fraction of sp³-hybridized carbons (Fsp3) is 0.429. The van der Waals surface area contributed by atoms with Crippen LogP contribution in [0.15, 0.2) is 18.2 Å². The molecule has 0 fully saturated rings. The lowest BCUT2D eigenvalue weighted by atomic mass is 10.0. The Morgan fingerprint density at radius 2 is 2.06 bits per heavy atom. The molecule has 90 valence electrons. The summed E-state index contributed by atoms with van der Waals surface area (Å²) in [5, 5.41) is 0. The number of amides is 1. The molecule has 1 aromatic carbocycles. The molecule has 3 heteroatoms. The van der Waals surface area contributed by atoms with Gasteiger partial charge in [-0.15, -0.1) is 0 Å². The van der Waals surface area contributed by atoms with Crippen LogP contribution in [0.1, 0.15) is 31.4 Å². The van der Waals surface area contributed by atoms with Gasteiger partial charge in [-0.1, -0.05) is 18.2 Å². The Labute approximate surface area is 101 Å². The standard InChI is InChI=1S/C14H17NO2/c1-10(16)6-7-12-4-3-5-13-8-9-15(11(2)17)14(12)13/h3-5H,6-9H2,1-2H3. The number of fused-ring (bicyclic) bond motifs is 1. The molecular formula is C14H17NO2. The van der Waals surface area contributed by atoms with Crippen molar-refractivity contribution < 1.29 is 9.59 Å². The van der Waals surface area contributed by atoms with Crippen LogP contribution in [0.4, 0.5) is 5.69 Å². The summed E-state index contributed by atoms with van der Waals surface area (Å²) in [7, 11) is 0. The van der Waals surface area contributed by atoms with Crippen molar-refractivity contribution in [1.82, 2.24) is 0 Å². The van der Waals surface area contributed by atoms with Gasteiger partial charge in [0.25, 0.3) is 0 Å². The Kier molecular flexibility index (Phi) is 3.27. The molecule has 0 aromatic heterocycles. The van der Waals surface area contributed by atoms with Crippen LogP contribution in [0, 0.1) is 0 Å². The lowest BCUT2D eigenvalue weighted by molar-refractivity contribution is -0.117. The molecule has 17 heavy (non-hydrogen) atoms. The fourth-order valence-electron chi connectivity index (χ4n) is 2.36. The second-order valence-corrected chi connectivity index (χ2v) is 4.55. The summed E-state index contributed by atoms with van der Waals surface area (Å²) in [6.45, 7) is 3.96. The zero-order chi connectivity index (χ0) is 12.4. The molecule has 1 amide bonds. The summed E-state index contributed by atoms with van der Waals surface area (Å²) in [6, 6.07) is 6.09. The molecule has 2 rings (SSSR count). The van der Waals surface area contributed by atoms with E-state index in [4.69, 9.17) is 0 Å². The Bertz CT molecular complexity index is 465. The number of benzene rings is 1. The van der Waals surface area contributed by atoms with Crippen LogP contribution in [0.3, 0.4) is 0 Å². The number of para-hydroxylation sites is 1. The van der Waals surface area contributed by atoms with E-state index in [2.05, 4.69) is 6.07 Å². The number of Topliss-reactive ketones (excluding diaryl/α,β-unsaturated/α-hetero) is 1. The molecule has 3 nitrogen and oxygen atoms in total. The number of aryl methyl sites for hydroxylation is 1. The van der Waals surface area contributed by atoms with Crippen molar-refractivity contribution in [3.05, 3.63) is 29.3 Å². The van der Waals surface area contributed by atoms with Gasteiger partial charge in [-0.3, -0.25) is 4.79 Å². The lowest BCUT2D eigenvalue weighted by Gasteiger charge is -2.18. The third-order valence-electron chi connectivity index (χ3n) is 3.20. The van der Waals surface area contributed by atoms with Crippen LogP contribution in [-0.2, 0) is 22.4 Å². The highest BCUT2D eigenvalue weighted by atomic mass is 16.2. The number of carbonyl (C=O) groups excluding carboxylic acids is 2. The Hall–Kier alpha value is -1.64. The van der Waals surface area contributed by atoms with Crippen LogP contribution in [0.25, 0.3) is 0 Å². The molecular weight excluding hydrogens is 214 g/mol. The highest BCUT2D eigenvalue weighted by Crippen LogP contribution is 2.32. The molecule has 0 N–H and O–H groups in total. The predicted molar refractivity (Wildman–Crippen MR) is 67.2 cm³/mol. The molecule has 1 aromatic rings. The van der Waals surface area contributed by atoms with Crippen LogP contribution >= 0.6 is 0 Å². The third-order valence-corrected chi connectivity index (χ3v) is 3.20. The first-order valence-electron chi connectivity index (χ1n) is 5.98. The Balaban J connectivity index is 2.31. The van der Waals surface area contributed by atoms with Crippen molar-refractivity contribution in [3.8, 4) is 0 Å². The number of anilines is 1. The second-order valence-electron chi connectivity index (χ2n) is 4.55. The minimum atomic E-state index is 0.0824. The summed E-state index contributed by atoms with van der Waals surface area (Å²) in [5.74, 6) is 0.272. The van der Waals surface area contributed by atoms with Crippen LogP contribution in [0.2, 0.25) is 0 Å². The van der Waals surface area contributed by atoms with E-state index in [-0.39, 0.29) is 11.7 Å². The molecule has 0 spiro atoms. The second kappa shape index (κ2) is 4.70. The van der Waals surface area contributed by atoms with Crippen LogP contribution in [-0.4, -0.2) is 18.2 Å². The monoisotopic (exact) mass is 231 g/mol. The van der Waals surface area contributed by atoms with Crippen molar-refractivity contribution >= 4 is 17.4 Å². The van der Waals surface area contributed by atoms with Gasteiger partial charge in [0.15, 0.2) is 0 Å². The average Bonchev–Trinajstić information content (AvgIpc) is 2.70. The number of rotatable bonds is 3. The van der Waals surface area contributed by atoms with Crippen molar-refractivity contribution in [1.29, 1.82) is 0 Å². The number of carbonyl (C=O) groups is 2. The van der Waals surface area contributed by atoms with Crippen molar-refractivity contribution in [2.24, 2.45) is 0 Å². The smallest absolute Gasteiger partial charge is 0.223 e. The molecule has 1 aliphatic rings. The summed E-state index contributed by atoms with van der Waals surface area (Å²) in [6.07, 6.45) is 2.19. The Morgan fingerprint density at radius 3 is 2.71 bits per heavy atom. The summed E-state index contributed by atoms with van der Waals surface area (Å²) >= 11 is 0. The van der Waals surface area contributed by atoms with Gasteiger partial charge in [-0.2, -0.15) is 0 Å². The highest BCUT2D eigenvalue weighted by Gasteiger charge is 2.24. The minimum absolute atomic E-state index is 0.0824. The van der Waals surface area contributed by atoms with Gasteiger partial charge in [0.2, 0.25) is 5.91 Å². The first-order chi connectivity index (χ1) is 8.09.